The van der Waals surface area contributed by atoms with Gasteiger partial charge in [-0.05, 0) is 32.0 Å². The van der Waals surface area contributed by atoms with Crippen molar-refractivity contribution in [2.24, 2.45) is 0 Å². The van der Waals surface area contributed by atoms with Gasteiger partial charge in [-0.25, -0.2) is 0 Å². The molecule has 0 unspecified atom stereocenters. The monoisotopic (exact) mass is 251 g/mol. The molecule has 1 saturated carbocycles. The standard InChI is InChI=1S/C14H18ClNO/c1-16(11-6-2-3-7-11)10-14(17)12-8-4-5-9-13(12)15/h4-5,8-9,11H,2-3,6-7,10H2,1H3. The fraction of sp³-hybridized carbons (Fsp3) is 0.500. The van der Waals surface area contributed by atoms with Crippen LogP contribution < -0.4 is 0 Å². The zero-order chi connectivity index (χ0) is 12.3. The molecule has 2 rings (SSSR count). The third-order valence-corrected chi connectivity index (χ3v) is 3.84. The third-order valence-electron chi connectivity index (χ3n) is 3.52. The van der Waals surface area contributed by atoms with Crippen LogP contribution in [-0.4, -0.2) is 30.3 Å². The van der Waals surface area contributed by atoms with Crippen molar-refractivity contribution in [3.8, 4) is 0 Å². The van der Waals surface area contributed by atoms with E-state index in [9.17, 15) is 4.79 Å². The molecule has 2 nitrogen and oxygen atoms in total. The molecular formula is C14H18ClNO. The number of carbonyl (C=O) groups is 1. The molecule has 0 aromatic heterocycles. The van der Waals surface area contributed by atoms with Crippen molar-refractivity contribution in [3.05, 3.63) is 34.9 Å². The molecule has 0 amide bonds. The van der Waals surface area contributed by atoms with Crippen LogP contribution >= 0.6 is 11.6 Å². The van der Waals surface area contributed by atoms with Gasteiger partial charge in [-0.3, -0.25) is 9.69 Å². The molecule has 0 heterocycles. The fourth-order valence-corrected chi connectivity index (χ4v) is 2.71. The number of carbonyl (C=O) groups excluding carboxylic acids is 1. The van der Waals surface area contributed by atoms with Gasteiger partial charge >= 0.3 is 0 Å². The third kappa shape index (κ3) is 3.08. The largest absolute Gasteiger partial charge is 0.296 e. The molecule has 0 N–H and O–H groups in total. The van der Waals surface area contributed by atoms with E-state index >= 15 is 0 Å². The zero-order valence-corrected chi connectivity index (χ0v) is 10.9. The van der Waals surface area contributed by atoms with E-state index < -0.39 is 0 Å². The van der Waals surface area contributed by atoms with E-state index in [-0.39, 0.29) is 5.78 Å². The highest BCUT2D eigenvalue weighted by Gasteiger charge is 2.22. The number of ketones is 1. The van der Waals surface area contributed by atoms with Crippen molar-refractivity contribution < 1.29 is 4.79 Å². The quantitative estimate of drug-likeness (QED) is 0.765. The molecule has 0 saturated heterocycles. The lowest BCUT2D eigenvalue weighted by atomic mass is 10.1. The molecule has 17 heavy (non-hydrogen) atoms. The number of halogens is 1. The summed E-state index contributed by atoms with van der Waals surface area (Å²) in [6, 6.07) is 7.84. The number of nitrogens with zero attached hydrogens (tertiary/aromatic N) is 1. The Bertz CT molecular complexity index is 399. The normalized spacial score (nSPS) is 16.6. The van der Waals surface area contributed by atoms with Gasteiger partial charge in [0.15, 0.2) is 5.78 Å². The van der Waals surface area contributed by atoms with Gasteiger partial charge in [0.2, 0.25) is 0 Å². The number of hydrogen-bond donors (Lipinski definition) is 0. The number of Topliss-reactive ketones (excluding diaryl/α,β-unsaturated/α-hetero) is 1. The first-order valence-corrected chi connectivity index (χ1v) is 6.54. The van der Waals surface area contributed by atoms with Crippen LogP contribution in [0, 0.1) is 0 Å². The number of likely N-dealkylation sites (N-methyl/N-ethyl adjacent to an activating group) is 1. The molecule has 0 bridgehead atoms. The summed E-state index contributed by atoms with van der Waals surface area (Å²) in [5.74, 6) is 0.116. The van der Waals surface area contributed by atoms with E-state index in [2.05, 4.69) is 4.90 Å². The van der Waals surface area contributed by atoms with Crippen molar-refractivity contribution in [2.75, 3.05) is 13.6 Å². The molecule has 0 spiro atoms. The van der Waals surface area contributed by atoms with Gasteiger partial charge in [-0.2, -0.15) is 0 Å². The molecule has 92 valence electrons. The highest BCUT2D eigenvalue weighted by atomic mass is 35.5. The van der Waals surface area contributed by atoms with Crippen LogP contribution in [0.2, 0.25) is 5.02 Å². The Kier molecular flexibility index (Phi) is 4.19. The van der Waals surface area contributed by atoms with Crippen LogP contribution in [0.5, 0.6) is 0 Å². The first-order valence-electron chi connectivity index (χ1n) is 6.16. The van der Waals surface area contributed by atoms with Gasteiger partial charge in [-0.15, -0.1) is 0 Å². The Hall–Kier alpha value is -0.860. The van der Waals surface area contributed by atoms with Crippen LogP contribution in [0.1, 0.15) is 36.0 Å². The Morgan fingerprint density at radius 3 is 2.65 bits per heavy atom. The van der Waals surface area contributed by atoms with Crippen LogP contribution in [0.15, 0.2) is 24.3 Å². The van der Waals surface area contributed by atoms with Crippen LogP contribution in [-0.2, 0) is 0 Å². The van der Waals surface area contributed by atoms with E-state index in [4.69, 9.17) is 11.6 Å². The van der Waals surface area contributed by atoms with E-state index in [1.807, 2.05) is 19.2 Å². The first-order chi connectivity index (χ1) is 8.18. The average Bonchev–Trinajstić information content (AvgIpc) is 2.82. The SMILES string of the molecule is CN(CC(=O)c1ccccc1Cl)C1CCCC1. The second kappa shape index (κ2) is 5.65. The van der Waals surface area contributed by atoms with Crippen molar-refractivity contribution in [2.45, 2.75) is 31.7 Å². The van der Waals surface area contributed by atoms with Gasteiger partial charge in [-0.1, -0.05) is 36.6 Å². The summed E-state index contributed by atoms with van der Waals surface area (Å²) in [6.07, 6.45) is 5.00. The minimum atomic E-state index is 0.116. The Labute approximate surface area is 108 Å². The predicted octanol–water partition coefficient (Wildman–Crippen LogP) is 3.40. The van der Waals surface area contributed by atoms with Crippen molar-refractivity contribution in [1.29, 1.82) is 0 Å². The molecule has 0 atom stereocenters. The van der Waals surface area contributed by atoms with E-state index in [1.165, 1.54) is 25.7 Å². The van der Waals surface area contributed by atoms with Gasteiger partial charge in [0.05, 0.1) is 11.6 Å². The average molecular weight is 252 g/mol. The zero-order valence-electron chi connectivity index (χ0n) is 10.2. The second-order valence-electron chi connectivity index (χ2n) is 4.76. The smallest absolute Gasteiger partial charge is 0.178 e. The maximum atomic E-state index is 12.1. The Morgan fingerprint density at radius 1 is 1.35 bits per heavy atom. The predicted molar refractivity (Wildman–Crippen MR) is 70.7 cm³/mol. The minimum absolute atomic E-state index is 0.116. The van der Waals surface area contributed by atoms with E-state index in [0.717, 1.165) is 0 Å². The van der Waals surface area contributed by atoms with E-state index in [1.54, 1.807) is 12.1 Å². The lowest BCUT2D eigenvalue weighted by molar-refractivity contribution is 0.0921. The van der Waals surface area contributed by atoms with Gasteiger partial charge in [0.1, 0.15) is 0 Å². The highest BCUT2D eigenvalue weighted by Crippen LogP contribution is 2.23. The summed E-state index contributed by atoms with van der Waals surface area (Å²) in [6.45, 7) is 0.467. The maximum Gasteiger partial charge on any atom is 0.178 e. The first kappa shape index (κ1) is 12.6. The van der Waals surface area contributed by atoms with Crippen LogP contribution in [0.25, 0.3) is 0 Å². The topological polar surface area (TPSA) is 20.3 Å². The van der Waals surface area contributed by atoms with Crippen molar-refractivity contribution in [1.82, 2.24) is 4.90 Å². The molecule has 1 aromatic carbocycles. The van der Waals surface area contributed by atoms with Gasteiger partial charge in [0.25, 0.3) is 0 Å². The molecule has 1 aliphatic carbocycles. The number of rotatable bonds is 4. The van der Waals surface area contributed by atoms with E-state index in [0.29, 0.717) is 23.2 Å². The van der Waals surface area contributed by atoms with Crippen molar-refractivity contribution in [3.63, 3.8) is 0 Å². The summed E-state index contributed by atoms with van der Waals surface area (Å²) in [5, 5.41) is 0.553. The van der Waals surface area contributed by atoms with Crippen LogP contribution in [0.4, 0.5) is 0 Å². The van der Waals surface area contributed by atoms with Crippen molar-refractivity contribution >= 4 is 17.4 Å². The molecule has 0 aliphatic heterocycles. The molecule has 3 heteroatoms. The fourth-order valence-electron chi connectivity index (χ4n) is 2.47. The highest BCUT2D eigenvalue weighted by molar-refractivity contribution is 6.34. The summed E-state index contributed by atoms with van der Waals surface area (Å²) < 4.78 is 0. The van der Waals surface area contributed by atoms with Gasteiger partial charge in [0, 0.05) is 11.6 Å². The van der Waals surface area contributed by atoms with Gasteiger partial charge < -0.3 is 0 Å². The molecule has 0 radical (unpaired) electrons. The summed E-state index contributed by atoms with van der Waals surface area (Å²) >= 11 is 6.02. The molecule has 1 aliphatic rings. The summed E-state index contributed by atoms with van der Waals surface area (Å²) in [7, 11) is 2.03. The summed E-state index contributed by atoms with van der Waals surface area (Å²) in [5.41, 5.74) is 0.638. The maximum absolute atomic E-state index is 12.1. The molecule has 1 fully saturated rings. The lowest BCUT2D eigenvalue weighted by Gasteiger charge is -2.23. The second-order valence-corrected chi connectivity index (χ2v) is 5.16. The summed E-state index contributed by atoms with van der Waals surface area (Å²) in [4.78, 5) is 14.3. The van der Waals surface area contributed by atoms with Crippen LogP contribution in [0.3, 0.4) is 0 Å². The molecular weight excluding hydrogens is 234 g/mol. The molecule has 1 aromatic rings. The lowest BCUT2D eigenvalue weighted by Crippen LogP contribution is -2.34. The Balaban J connectivity index is 1.99. The number of benzene rings is 1. The Morgan fingerprint density at radius 2 is 2.00 bits per heavy atom. The number of hydrogen-bond acceptors (Lipinski definition) is 2. The minimum Gasteiger partial charge on any atom is -0.296 e.